The van der Waals surface area contributed by atoms with Crippen molar-refractivity contribution in [1.82, 2.24) is 4.90 Å². The summed E-state index contributed by atoms with van der Waals surface area (Å²) >= 11 is 0. The Bertz CT molecular complexity index is 244. The maximum absolute atomic E-state index is 12.0. The molecule has 0 aromatic heterocycles. The van der Waals surface area contributed by atoms with Crippen LogP contribution in [0.25, 0.3) is 0 Å². The minimum absolute atomic E-state index is 0.0486. The third-order valence-electron chi connectivity index (χ3n) is 3.72. The second-order valence-electron chi connectivity index (χ2n) is 4.69. The van der Waals surface area contributed by atoms with Crippen LogP contribution >= 0.6 is 0 Å². The molecule has 1 heterocycles. The first kappa shape index (κ1) is 10.3. The zero-order chi connectivity index (χ0) is 10.3. The van der Waals surface area contributed by atoms with E-state index in [-0.39, 0.29) is 16.7 Å². The molecule has 1 atom stereocenters. The maximum atomic E-state index is 12.0. The van der Waals surface area contributed by atoms with Gasteiger partial charge in [-0.25, -0.2) is 0 Å². The van der Waals surface area contributed by atoms with Crippen molar-refractivity contribution >= 4 is 5.91 Å². The number of carbonyl (C=O) groups excluding carboxylic acids is 1. The van der Waals surface area contributed by atoms with Crippen LogP contribution in [0, 0.1) is 10.8 Å². The van der Waals surface area contributed by atoms with Crippen molar-refractivity contribution < 1.29 is 4.79 Å². The van der Waals surface area contributed by atoms with E-state index in [4.69, 9.17) is 0 Å². The smallest absolute Gasteiger partial charge is 0.233 e. The molecule has 1 saturated heterocycles. The zero-order valence-corrected chi connectivity index (χ0v) is 9.05. The van der Waals surface area contributed by atoms with Crippen molar-refractivity contribution in [2.45, 2.75) is 34.1 Å². The Morgan fingerprint density at radius 3 is 2.31 bits per heavy atom. The highest BCUT2D eigenvalue weighted by atomic mass is 16.2. The molecule has 2 heteroatoms. The van der Waals surface area contributed by atoms with Gasteiger partial charge in [0.25, 0.3) is 0 Å². The van der Waals surface area contributed by atoms with Gasteiger partial charge in [0.1, 0.15) is 0 Å². The molecule has 0 aromatic rings. The number of rotatable bonds is 2. The van der Waals surface area contributed by atoms with Crippen molar-refractivity contribution in [3.63, 3.8) is 0 Å². The minimum Gasteiger partial charge on any atom is -0.319 e. The van der Waals surface area contributed by atoms with E-state index in [0.717, 1.165) is 13.0 Å². The number of nitrogens with zero attached hydrogens (tertiary/aromatic N) is 1. The minimum atomic E-state index is -0.221. The molecular formula is C11H19NO. The molecule has 0 aliphatic carbocycles. The molecule has 0 aromatic carbocycles. The van der Waals surface area contributed by atoms with Gasteiger partial charge < -0.3 is 4.90 Å². The third-order valence-corrected chi connectivity index (χ3v) is 3.72. The molecule has 1 aliphatic rings. The van der Waals surface area contributed by atoms with Crippen molar-refractivity contribution in [2.75, 3.05) is 6.54 Å². The van der Waals surface area contributed by atoms with Gasteiger partial charge in [-0.15, -0.1) is 0 Å². The van der Waals surface area contributed by atoms with Crippen LogP contribution in [0.3, 0.4) is 0 Å². The number of carbonyl (C=O) groups is 1. The van der Waals surface area contributed by atoms with Gasteiger partial charge in [-0.3, -0.25) is 4.79 Å². The monoisotopic (exact) mass is 181 g/mol. The summed E-state index contributed by atoms with van der Waals surface area (Å²) in [7, 11) is 0. The molecule has 0 bridgehead atoms. The summed E-state index contributed by atoms with van der Waals surface area (Å²) in [6, 6.07) is 0. The van der Waals surface area contributed by atoms with Crippen LogP contribution in [-0.4, -0.2) is 17.4 Å². The van der Waals surface area contributed by atoms with Crippen LogP contribution in [0.5, 0.6) is 0 Å². The van der Waals surface area contributed by atoms with E-state index < -0.39 is 0 Å². The predicted molar refractivity (Wildman–Crippen MR) is 54.1 cm³/mol. The largest absolute Gasteiger partial charge is 0.319 e. The highest BCUT2D eigenvalue weighted by molar-refractivity contribution is 5.86. The molecular weight excluding hydrogens is 162 g/mol. The van der Waals surface area contributed by atoms with Crippen molar-refractivity contribution in [3.8, 4) is 0 Å². The summed E-state index contributed by atoms with van der Waals surface area (Å²) < 4.78 is 0. The van der Waals surface area contributed by atoms with E-state index in [1.54, 1.807) is 11.1 Å². The summed E-state index contributed by atoms with van der Waals surface area (Å²) in [4.78, 5) is 13.7. The van der Waals surface area contributed by atoms with E-state index in [0.29, 0.717) is 0 Å². The highest BCUT2D eigenvalue weighted by Crippen LogP contribution is 2.48. The molecule has 74 valence electrons. The fourth-order valence-electron chi connectivity index (χ4n) is 2.06. The molecule has 0 N–H and O–H groups in total. The van der Waals surface area contributed by atoms with Crippen molar-refractivity contribution in [2.24, 2.45) is 10.8 Å². The second-order valence-corrected chi connectivity index (χ2v) is 4.69. The van der Waals surface area contributed by atoms with Gasteiger partial charge in [0.15, 0.2) is 0 Å². The standard InChI is InChI=1S/C11H19NO/c1-6-11(5)9(13)12(7-2)8-10(11,3)4/h7H,2,6,8H2,1,3-5H3. The van der Waals surface area contributed by atoms with Crippen LogP contribution in [0.1, 0.15) is 34.1 Å². The molecule has 1 amide bonds. The summed E-state index contributed by atoms with van der Waals surface area (Å²) in [6.07, 6.45) is 2.54. The predicted octanol–water partition coefficient (Wildman–Crippen LogP) is 2.41. The fraction of sp³-hybridized carbons (Fsp3) is 0.727. The SMILES string of the molecule is C=CN1CC(C)(C)C(C)(CC)C1=O. The quantitative estimate of drug-likeness (QED) is 0.640. The summed E-state index contributed by atoms with van der Waals surface area (Å²) in [5.41, 5.74) is -0.172. The fourth-order valence-corrected chi connectivity index (χ4v) is 2.06. The Morgan fingerprint density at radius 2 is 2.08 bits per heavy atom. The number of likely N-dealkylation sites (tertiary alicyclic amines) is 1. The molecule has 1 aliphatic heterocycles. The lowest BCUT2D eigenvalue weighted by Gasteiger charge is -2.33. The molecule has 1 unspecified atom stereocenters. The van der Waals surface area contributed by atoms with Crippen LogP contribution in [0.2, 0.25) is 0 Å². The van der Waals surface area contributed by atoms with Gasteiger partial charge in [0, 0.05) is 6.54 Å². The molecule has 0 radical (unpaired) electrons. The highest BCUT2D eigenvalue weighted by Gasteiger charge is 2.53. The molecule has 13 heavy (non-hydrogen) atoms. The van der Waals surface area contributed by atoms with Crippen molar-refractivity contribution in [3.05, 3.63) is 12.8 Å². The van der Waals surface area contributed by atoms with E-state index in [9.17, 15) is 4.79 Å². The summed E-state index contributed by atoms with van der Waals surface area (Å²) in [6.45, 7) is 12.9. The normalized spacial score (nSPS) is 32.3. The third kappa shape index (κ3) is 1.19. The first-order valence-corrected chi connectivity index (χ1v) is 4.82. The van der Waals surface area contributed by atoms with Gasteiger partial charge in [-0.05, 0) is 18.0 Å². The lowest BCUT2D eigenvalue weighted by molar-refractivity contribution is -0.135. The molecule has 0 saturated carbocycles. The topological polar surface area (TPSA) is 20.3 Å². The van der Waals surface area contributed by atoms with Crippen LogP contribution in [0.15, 0.2) is 12.8 Å². The Morgan fingerprint density at radius 1 is 1.54 bits per heavy atom. The Labute approximate surface area is 80.6 Å². The lowest BCUT2D eigenvalue weighted by atomic mass is 9.67. The molecule has 1 rings (SSSR count). The molecule has 2 nitrogen and oxygen atoms in total. The van der Waals surface area contributed by atoms with Gasteiger partial charge in [0.2, 0.25) is 5.91 Å². The average Bonchev–Trinajstić information content (AvgIpc) is 2.26. The number of amides is 1. The Balaban J connectivity index is 3.08. The summed E-state index contributed by atoms with van der Waals surface area (Å²) in [5.74, 6) is 0.218. The summed E-state index contributed by atoms with van der Waals surface area (Å²) in [5, 5.41) is 0. The van der Waals surface area contributed by atoms with Gasteiger partial charge in [-0.1, -0.05) is 34.3 Å². The van der Waals surface area contributed by atoms with Crippen LogP contribution in [0.4, 0.5) is 0 Å². The Hall–Kier alpha value is -0.790. The molecule has 1 fully saturated rings. The van der Waals surface area contributed by atoms with Gasteiger partial charge in [-0.2, -0.15) is 0 Å². The Kier molecular flexibility index (Phi) is 2.27. The first-order valence-electron chi connectivity index (χ1n) is 4.82. The van der Waals surface area contributed by atoms with Gasteiger partial charge in [0.05, 0.1) is 5.41 Å². The van der Waals surface area contributed by atoms with E-state index in [2.05, 4.69) is 34.3 Å². The average molecular weight is 181 g/mol. The lowest BCUT2D eigenvalue weighted by Crippen LogP contribution is -2.36. The van der Waals surface area contributed by atoms with E-state index >= 15 is 0 Å². The maximum Gasteiger partial charge on any atom is 0.233 e. The second kappa shape index (κ2) is 2.86. The van der Waals surface area contributed by atoms with E-state index in [1.807, 2.05) is 0 Å². The first-order chi connectivity index (χ1) is 5.89. The zero-order valence-electron chi connectivity index (χ0n) is 9.05. The number of hydrogen-bond donors (Lipinski definition) is 0. The molecule has 0 spiro atoms. The van der Waals surface area contributed by atoms with Gasteiger partial charge >= 0.3 is 0 Å². The van der Waals surface area contributed by atoms with E-state index in [1.165, 1.54) is 0 Å². The van der Waals surface area contributed by atoms with Crippen molar-refractivity contribution in [1.29, 1.82) is 0 Å². The van der Waals surface area contributed by atoms with Crippen LogP contribution in [-0.2, 0) is 4.79 Å². The number of hydrogen-bond acceptors (Lipinski definition) is 1. The van der Waals surface area contributed by atoms with Crippen LogP contribution < -0.4 is 0 Å².